The van der Waals surface area contributed by atoms with Crippen molar-refractivity contribution in [3.05, 3.63) is 64.3 Å². The Bertz CT molecular complexity index is 913. The van der Waals surface area contributed by atoms with Crippen molar-refractivity contribution in [1.82, 2.24) is 0 Å². The van der Waals surface area contributed by atoms with Crippen LogP contribution < -0.4 is 14.9 Å². The Morgan fingerprint density at radius 3 is 2.50 bits per heavy atom. The second kappa shape index (κ2) is 6.74. The first-order valence-corrected chi connectivity index (χ1v) is 7.77. The molecule has 0 radical (unpaired) electrons. The lowest BCUT2D eigenvalue weighted by Crippen LogP contribution is -2.06. The van der Waals surface area contributed by atoms with Crippen molar-refractivity contribution in [2.75, 3.05) is 6.61 Å². The van der Waals surface area contributed by atoms with Crippen molar-refractivity contribution in [2.45, 2.75) is 20.3 Å². The van der Waals surface area contributed by atoms with E-state index in [0.717, 1.165) is 12.0 Å². The van der Waals surface area contributed by atoms with E-state index in [1.165, 1.54) is 30.5 Å². The zero-order valence-corrected chi connectivity index (χ0v) is 13.5. The maximum Gasteiger partial charge on any atom is 0.235 e. The number of hydrogen-bond acceptors (Lipinski definition) is 4. The van der Waals surface area contributed by atoms with Gasteiger partial charge < -0.3 is 13.9 Å². The van der Waals surface area contributed by atoms with Crippen molar-refractivity contribution < 1.29 is 18.3 Å². The maximum atomic E-state index is 12.9. The Morgan fingerprint density at radius 1 is 1.08 bits per heavy atom. The fraction of sp³-hybridized carbons (Fsp3) is 0.211. The average Bonchev–Trinajstić information content (AvgIpc) is 2.59. The fourth-order valence-corrected chi connectivity index (χ4v) is 2.45. The van der Waals surface area contributed by atoms with Gasteiger partial charge in [0.15, 0.2) is 0 Å². The Balaban J connectivity index is 2.05. The van der Waals surface area contributed by atoms with E-state index in [4.69, 9.17) is 13.9 Å². The molecule has 0 aliphatic heterocycles. The molecule has 0 amide bonds. The topological polar surface area (TPSA) is 48.7 Å². The van der Waals surface area contributed by atoms with Gasteiger partial charge in [0.25, 0.3) is 0 Å². The van der Waals surface area contributed by atoms with Crippen LogP contribution in [-0.4, -0.2) is 6.61 Å². The van der Waals surface area contributed by atoms with Gasteiger partial charge in [-0.3, -0.25) is 4.79 Å². The molecule has 0 N–H and O–H groups in total. The largest absolute Gasteiger partial charge is 0.493 e. The summed E-state index contributed by atoms with van der Waals surface area (Å²) in [6.07, 6.45) is 1.99. The number of fused-ring (bicyclic) bond motifs is 1. The molecule has 3 aromatic rings. The number of benzene rings is 2. The van der Waals surface area contributed by atoms with Gasteiger partial charge in [-0.15, -0.1) is 0 Å². The van der Waals surface area contributed by atoms with Gasteiger partial charge >= 0.3 is 0 Å². The van der Waals surface area contributed by atoms with Crippen LogP contribution in [0.25, 0.3) is 11.0 Å². The summed E-state index contributed by atoms with van der Waals surface area (Å²) in [5.41, 5.74) is 1.08. The molecule has 0 unspecified atom stereocenters. The minimum Gasteiger partial charge on any atom is -0.493 e. The molecule has 2 aromatic carbocycles. The monoisotopic (exact) mass is 328 g/mol. The van der Waals surface area contributed by atoms with Gasteiger partial charge in [-0.2, -0.15) is 0 Å². The summed E-state index contributed by atoms with van der Waals surface area (Å²) in [7, 11) is 0. The summed E-state index contributed by atoms with van der Waals surface area (Å²) >= 11 is 0. The normalized spacial score (nSPS) is 10.8. The molecule has 0 bridgehead atoms. The van der Waals surface area contributed by atoms with Gasteiger partial charge in [0.2, 0.25) is 11.2 Å². The zero-order valence-electron chi connectivity index (χ0n) is 13.5. The van der Waals surface area contributed by atoms with Crippen LogP contribution >= 0.6 is 0 Å². The van der Waals surface area contributed by atoms with Crippen LogP contribution in [0.15, 0.2) is 51.9 Å². The third-order valence-electron chi connectivity index (χ3n) is 3.65. The number of ether oxygens (including phenoxy) is 2. The molecule has 0 aliphatic carbocycles. The second-order valence-corrected chi connectivity index (χ2v) is 5.23. The van der Waals surface area contributed by atoms with Gasteiger partial charge in [-0.05, 0) is 49.2 Å². The van der Waals surface area contributed by atoms with E-state index >= 15 is 0 Å². The quantitative estimate of drug-likeness (QED) is 0.682. The summed E-state index contributed by atoms with van der Waals surface area (Å²) < 4.78 is 29.6. The molecule has 0 fully saturated rings. The standard InChI is InChI=1S/C19H17FO4/c1-3-12-9-15-17(10-16(12)22-4-2)23-11-18(19(15)21)24-14-7-5-13(20)6-8-14/h5-11H,3-4H2,1-2H3. The highest BCUT2D eigenvalue weighted by Gasteiger charge is 2.13. The highest BCUT2D eigenvalue weighted by atomic mass is 19.1. The van der Waals surface area contributed by atoms with Crippen molar-refractivity contribution in [1.29, 1.82) is 0 Å². The van der Waals surface area contributed by atoms with E-state index in [-0.39, 0.29) is 17.0 Å². The van der Waals surface area contributed by atoms with E-state index < -0.39 is 0 Å². The summed E-state index contributed by atoms with van der Waals surface area (Å²) in [6, 6.07) is 8.93. The molecule has 0 aliphatic rings. The Labute approximate surface area is 138 Å². The molecule has 0 saturated heterocycles. The van der Waals surface area contributed by atoms with Gasteiger partial charge in [-0.25, -0.2) is 4.39 Å². The summed E-state index contributed by atoms with van der Waals surface area (Å²) in [4.78, 5) is 12.6. The Morgan fingerprint density at radius 2 is 1.83 bits per heavy atom. The predicted molar refractivity (Wildman–Crippen MR) is 89.5 cm³/mol. The first kappa shape index (κ1) is 16.1. The minimum atomic E-state index is -0.371. The van der Waals surface area contributed by atoms with Crippen molar-refractivity contribution in [2.24, 2.45) is 0 Å². The van der Waals surface area contributed by atoms with Gasteiger partial charge in [-0.1, -0.05) is 6.92 Å². The van der Waals surface area contributed by atoms with E-state index in [1.54, 1.807) is 12.1 Å². The van der Waals surface area contributed by atoms with E-state index in [1.807, 2.05) is 13.8 Å². The van der Waals surface area contributed by atoms with Crippen LogP contribution in [0.4, 0.5) is 4.39 Å². The third-order valence-corrected chi connectivity index (χ3v) is 3.65. The van der Waals surface area contributed by atoms with Crippen LogP contribution in [0.2, 0.25) is 0 Å². The number of hydrogen-bond donors (Lipinski definition) is 0. The van der Waals surface area contributed by atoms with Crippen molar-refractivity contribution in [3.8, 4) is 17.2 Å². The average molecular weight is 328 g/mol. The minimum absolute atomic E-state index is 0.0559. The Hall–Kier alpha value is -2.82. The van der Waals surface area contributed by atoms with Gasteiger partial charge in [0.1, 0.15) is 29.2 Å². The predicted octanol–water partition coefficient (Wildman–Crippen LogP) is 4.69. The Kier molecular flexibility index (Phi) is 4.51. The van der Waals surface area contributed by atoms with Gasteiger partial charge in [0.05, 0.1) is 12.0 Å². The number of halogens is 1. The smallest absolute Gasteiger partial charge is 0.235 e. The SMILES string of the molecule is CCOc1cc2occ(Oc3ccc(F)cc3)c(=O)c2cc1CC. The van der Waals surface area contributed by atoms with Crippen molar-refractivity contribution in [3.63, 3.8) is 0 Å². The number of rotatable bonds is 5. The maximum absolute atomic E-state index is 12.9. The molecule has 0 atom stereocenters. The second-order valence-electron chi connectivity index (χ2n) is 5.23. The number of aryl methyl sites for hydroxylation is 1. The molecule has 1 aromatic heterocycles. The lowest BCUT2D eigenvalue weighted by Gasteiger charge is -2.11. The molecule has 3 rings (SSSR count). The van der Waals surface area contributed by atoms with E-state index in [2.05, 4.69) is 0 Å². The summed E-state index contributed by atoms with van der Waals surface area (Å²) in [6.45, 7) is 4.43. The molecular formula is C19H17FO4. The van der Waals surface area contributed by atoms with Crippen molar-refractivity contribution >= 4 is 11.0 Å². The molecule has 1 heterocycles. The molecule has 24 heavy (non-hydrogen) atoms. The summed E-state index contributed by atoms with van der Waals surface area (Å²) in [5, 5.41) is 0.426. The van der Waals surface area contributed by atoms with Gasteiger partial charge in [0, 0.05) is 6.07 Å². The summed E-state index contributed by atoms with van der Waals surface area (Å²) in [5.74, 6) is 0.761. The highest BCUT2D eigenvalue weighted by molar-refractivity contribution is 5.80. The molecule has 0 saturated carbocycles. The zero-order chi connectivity index (χ0) is 17.1. The lowest BCUT2D eigenvalue weighted by molar-refractivity contribution is 0.336. The van der Waals surface area contributed by atoms with Crippen LogP contribution in [0.5, 0.6) is 17.2 Å². The van der Waals surface area contributed by atoms with Crippen LogP contribution in [-0.2, 0) is 6.42 Å². The van der Waals surface area contributed by atoms with E-state index in [0.29, 0.717) is 29.1 Å². The molecule has 0 spiro atoms. The highest BCUT2D eigenvalue weighted by Crippen LogP contribution is 2.27. The molecular weight excluding hydrogens is 311 g/mol. The first-order valence-electron chi connectivity index (χ1n) is 7.77. The van der Waals surface area contributed by atoms with Crippen LogP contribution in [0.1, 0.15) is 19.4 Å². The first-order chi connectivity index (χ1) is 11.6. The molecule has 5 heteroatoms. The fourth-order valence-electron chi connectivity index (χ4n) is 2.45. The third kappa shape index (κ3) is 3.11. The van der Waals surface area contributed by atoms with Crippen LogP contribution in [0, 0.1) is 5.82 Å². The lowest BCUT2D eigenvalue weighted by atomic mass is 10.1. The van der Waals surface area contributed by atoms with E-state index in [9.17, 15) is 9.18 Å². The molecule has 124 valence electrons. The molecule has 4 nitrogen and oxygen atoms in total. The van der Waals surface area contributed by atoms with Crippen LogP contribution in [0.3, 0.4) is 0 Å².